The first kappa shape index (κ1) is 16.2. The molecular weight excluding hydrogens is 355 g/mol. The van der Waals surface area contributed by atoms with Crippen molar-refractivity contribution < 1.29 is 13.6 Å². The van der Waals surface area contributed by atoms with E-state index in [4.69, 9.17) is 9.05 Å². The first-order chi connectivity index (χ1) is 13.2. The van der Waals surface area contributed by atoms with Crippen LogP contribution >= 0.6 is 7.60 Å². The largest absolute Gasteiger partial charge is 0.434 e. The van der Waals surface area contributed by atoms with Crippen molar-refractivity contribution in [1.82, 2.24) is 0 Å². The summed E-state index contributed by atoms with van der Waals surface area (Å²) in [7, 11) is -3.40. The minimum atomic E-state index is -3.40. The van der Waals surface area contributed by atoms with Gasteiger partial charge in [0.05, 0.1) is 6.16 Å². The number of hydrogen-bond acceptors (Lipinski definition) is 3. The zero-order valence-electron chi connectivity index (χ0n) is 14.6. The fourth-order valence-corrected chi connectivity index (χ4v) is 5.13. The molecule has 0 aromatic heterocycles. The number of benzene rings is 4. The Kier molecular flexibility index (Phi) is 3.60. The molecule has 1 aliphatic rings. The predicted molar refractivity (Wildman–Crippen MR) is 111 cm³/mol. The van der Waals surface area contributed by atoms with Crippen LogP contribution in [0.4, 0.5) is 0 Å². The van der Waals surface area contributed by atoms with Crippen LogP contribution in [0.25, 0.3) is 32.7 Å². The fourth-order valence-electron chi connectivity index (χ4n) is 3.72. The summed E-state index contributed by atoms with van der Waals surface area (Å²) < 4.78 is 25.3. The monoisotopic (exact) mass is 372 g/mol. The second kappa shape index (κ2) is 6.00. The number of allylic oxidation sites excluding steroid dienone is 1. The van der Waals surface area contributed by atoms with E-state index in [1.807, 2.05) is 48.5 Å². The molecule has 1 heterocycles. The summed E-state index contributed by atoms with van der Waals surface area (Å²) in [5.41, 5.74) is 1.84. The maximum atomic E-state index is 13.3. The van der Waals surface area contributed by atoms with E-state index >= 15 is 0 Å². The maximum Gasteiger partial charge on any atom is 0.434 e. The van der Waals surface area contributed by atoms with Crippen molar-refractivity contribution in [2.24, 2.45) is 0 Å². The predicted octanol–water partition coefficient (Wildman–Crippen LogP) is 6.81. The molecule has 0 N–H and O–H groups in total. The highest BCUT2D eigenvalue weighted by molar-refractivity contribution is 7.54. The summed E-state index contributed by atoms with van der Waals surface area (Å²) in [5.74, 6) is 1.16. The van der Waals surface area contributed by atoms with E-state index in [9.17, 15) is 4.57 Å². The molecule has 0 aliphatic carbocycles. The lowest BCUT2D eigenvalue weighted by Gasteiger charge is -2.16. The lowest BCUT2D eigenvalue weighted by Crippen LogP contribution is -2.02. The summed E-state index contributed by atoms with van der Waals surface area (Å²) in [6.45, 7) is 3.71. The van der Waals surface area contributed by atoms with Crippen LogP contribution in [0.5, 0.6) is 11.5 Å². The van der Waals surface area contributed by atoms with E-state index in [2.05, 4.69) is 30.8 Å². The standard InChI is InChI=1S/C23H17O3P/c1-2-15-27(24)25-20-13-11-16-7-3-5-9-18(16)22(20)23-19-10-6-4-8-17(19)12-14-21(23)26-27/h2-14H,1,15H2. The van der Waals surface area contributed by atoms with Gasteiger partial charge in [0.15, 0.2) is 0 Å². The Hall–Kier alpha value is -3.03. The molecule has 0 atom stereocenters. The van der Waals surface area contributed by atoms with Gasteiger partial charge in [-0.25, -0.2) is 4.57 Å². The smallest absolute Gasteiger partial charge is 0.415 e. The Labute approximate surface area is 157 Å². The van der Waals surface area contributed by atoms with E-state index in [0.29, 0.717) is 11.5 Å². The van der Waals surface area contributed by atoms with Crippen molar-refractivity contribution in [1.29, 1.82) is 0 Å². The quantitative estimate of drug-likeness (QED) is 0.286. The Bertz CT molecular complexity index is 1170. The van der Waals surface area contributed by atoms with Crippen molar-refractivity contribution in [2.45, 2.75) is 0 Å². The third kappa shape index (κ3) is 2.55. The van der Waals surface area contributed by atoms with Crippen LogP contribution in [0.3, 0.4) is 0 Å². The first-order valence-electron chi connectivity index (χ1n) is 8.81. The molecule has 4 heteroatoms. The van der Waals surface area contributed by atoms with Gasteiger partial charge in [0.1, 0.15) is 11.5 Å². The third-order valence-electron chi connectivity index (χ3n) is 4.86. The minimum Gasteiger partial charge on any atom is -0.415 e. The van der Waals surface area contributed by atoms with Gasteiger partial charge >= 0.3 is 7.60 Å². The van der Waals surface area contributed by atoms with Crippen LogP contribution in [-0.2, 0) is 4.57 Å². The zero-order chi connectivity index (χ0) is 18.4. The normalized spacial score (nSPS) is 14.5. The Morgan fingerprint density at radius 2 is 1.22 bits per heavy atom. The van der Waals surface area contributed by atoms with Crippen LogP contribution in [0, 0.1) is 0 Å². The zero-order valence-corrected chi connectivity index (χ0v) is 15.5. The van der Waals surface area contributed by atoms with Crippen LogP contribution in [0.1, 0.15) is 0 Å². The van der Waals surface area contributed by atoms with Gasteiger partial charge in [-0.05, 0) is 33.7 Å². The SMILES string of the molecule is C=CCP1(=O)Oc2ccc3ccccc3c2-c2c(ccc3ccccc23)O1. The minimum absolute atomic E-state index is 0.144. The fraction of sp³-hybridized carbons (Fsp3) is 0.0435. The molecule has 0 radical (unpaired) electrons. The molecule has 0 fully saturated rings. The van der Waals surface area contributed by atoms with Crippen molar-refractivity contribution in [3.8, 4) is 22.6 Å². The second-order valence-electron chi connectivity index (χ2n) is 6.58. The van der Waals surface area contributed by atoms with Gasteiger partial charge in [0.2, 0.25) is 0 Å². The van der Waals surface area contributed by atoms with Crippen LogP contribution < -0.4 is 9.05 Å². The number of fused-ring (bicyclic) bond motifs is 7. The molecule has 0 spiro atoms. The molecule has 0 unspecified atom stereocenters. The first-order valence-corrected chi connectivity index (χ1v) is 10.5. The van der Waals surface area contributed by atoms with E-state index in [1.165, 1.54) is 0 Å². The van der Waals surface area contributed by atoms with Crippen molar-refractivity contribution >= 4 is 29.1 Å². The molecule has 4 aromatic rings. The Morgan fingerprint density at radius 3 is 1.70 bits per heavy atom. The van der Waals surface area contributed by atoms with E-state index in [0.717, 1.165) is 32.7 Å². The molecule has 0 saturated carbocycles. The van der Waals surface area contributed by atoms with Gasteiger partial charge in [-0.15, -0.1) is 6.58 Å². The van der Waals surface area contributed by atoms with Crippen LogP contribution in [0.2, 0.25) is 0 Å². The number of hydrogen-bond donors (Lipinski definition) is 0. The maximum absolute atomic E-state index is 13.3. The van der Waals surface area contributed by atoms with Gasteiger partial charge in [0.25, 0.3) is 0 Å². The van der Waals surface area contributed by atoms with Gasteiger partial charge in [-0.3, -0.25) is 0 Å². The summed E-state index contributed by atoms with van der Waals surface area (Å²) in [5, 5.41) is 4.28. The van der Waals surface area contributed by atoms with Crippen molar-refractivity contribution in [3.63, 3.8) is 0 Å². The third-order valence-corrected chi connectivity index (χ3v) is 6.51. The molecule has 132 valence electrons. The molecular formula is C23H17O3P. The summed E-state index contributed by atoms with van der Waals surface area (Å²) in [4.78, 5) is 0. The van der Waals surface area contributed by atoms with E-state index < -0.39 is 7.60 Å². The Balaban J connectivity index is 1.96. The molecule has 3 nitrogen and oxygen atoms in total. The Morgan fingerprint density at radius 1 is 0.741 bits per heavy atom. The van der Waals surface area contributed by atoms with E-state index in [1.54, 1.807) is 6.08 Å². The molecule has 0 saturated heterocycles. The number of rotatable bonds is 2. The van der Waals surface area contributed by atoms with Gasteiger partial charge in [-0.1, -0.05) is 66.7 Å². The summed E-state index contributed by atoms with van der Waals surface area (Å²) in [6, 6.07) is 24.0. The molecule has 27 heavy (non-hydrogen) atoms. The highest BCUT2D eigenvalue weighted by Gasteiger charge is 2.34. The lowest BCUT2D eigenvalue weighted by atomic mass is 9.92. The van der Waals surface area contributed by atoms with E-state index in [-0.39, 0.29) is 6.16 Å². The molecule has 0 bridgehead atoms. The molecule has 4 aromatic carbocycles. The van der Waals surface area contributed by atoms with Gasteiger partial charge in [-0.2, -0.15) is 0 Å². The molecule has 0 amide bonds. The van der Waals surface area contributed by atoms with Crippen LogP contribution in [-0.4, -0.2) is 6.16 Å². The molecule has 5 rings (SSSR count). The highest BCUT2D eigenvalue weighted by Crippen LogP contribution is 2.58. The second-order valence-corrected chi connectivity index (χ2v) is 8.54. The van der Waals surface area contributed by atoms with Crippen LogP contribution in [0.15, 0.2) is 85.5 Å². The topological polar surface area (TPSA) is 35.5 Å². The lowest BCUT2D eigenvalue weighted by molar-refractivity contribution is 0.395. The van der Waals surface area contributed by atoms with Crippen molar-refractivity contribution in [3.05, 3.63) is 85.5 Å². The molecule has 1 aliphatic heterocycles. The van der Waals surface area contributed by atoms with Gasteiger partial charge in [0, 0.05) is 11.1 Å². The average molecular weight is 372 g/mol. The average Bonchev–Trinajstić information content (AvgIpc) is 2.81. The summed E-state index contributed by atoms with van der Waals surface area (Å²) in [6.07, 6.45) is 1.72. The van der Waals surface area contributed by atoms with Crippen molar-refractivity contribution in [2.75, 3.05) is 6.16 Å². The summed E-state index contributed by atoms with van der Waals surface area (Å²) >= 11 is 0. The highest BCUT2D eigenvalue weighted by atomic mass is 31.2. The van der Waals surface area contributed by atoms with Gasteiger partial charge < -0.3 is 9.05 Å².